The fourth-order valence-corrected chi connectivity index (χ4v) is 4.69. The Morgan fingerprint density at radius 2 is 1.57 bits per heavy atom. The molecule has 0 atom stereocenters. The number of aromatic nitrogens is 2. The molecule has 4 aromatic rings. The van der Waals surface area contributed by atoms with Crippen molar-refractivity contribution in [3.63, 3.8) is 0 Å². The quantitative estimate of drug-likeness (QED) is 0.514. The summed E-state index contributed by atoms with van der Waals surface area (Å²) in [5.74, 6) is -0.250. The third-order valence-corrected chi connectivity index (χ3v) is 6.27. The standard InChI is InChI=1S/C23H20N4O2S/c28-21(26-13-11-25(12-14-26)18-9-5-2-6-10-18)19-15-24-23-27(22(19)29)20(16-30-23)17-7-3-1-4-8-17/h1-10,15-16H,11-14H2. The maximum absolute atomic E-state index is 13.2. The molecule has 7 heteroatoms. The second-order valence-corrected chi connectivity index (χ2v) is 8.03. The lowest BCUT2D eigenvalue weighted by molar-refractivity contribution is 0.0744. The molecule has 150 valence electrons. The summed E-state index contributed by atoms with van der Waals surface area (Å²) in [6.45, 7) is 2.62. The number of nitrogens with zero attached hydrogens (tertiary/aromatic N) is 4. The molecule has 0 unspecified atom stereocenters. The van der Waals surface area contributed by atoms with E-state index < -0.39 is 0 Å². The number of amides is 1. The molecule has 0 spiro atoms. The molecular formula is C23H20N4O2S. The average molecular weight is 417 g/mol. The molecule has 0 N–H and O–H groups in total. The summed E-state index contributed by atoms with van der Waals surface area (Å²) in [5.41, 5.74) is 2.65. The van der Waals surface area contributed by atoms with Gasteiger partial charge in [-0.3, -0.25) is 14.0 Å². The van der Waals surface area contributed by atoms with E-state index in [4.69, 9.17) is 0 Å². The summed E-state index contributed by atoms with van der Waals surface area (Å²) in [4.78, 5) is 35.3. The molecule has 1 aliphatic heterocycles. The number of hydrogen-bond acceptors (Lipinski definition) is 5. The van der Waals surface area contributed by atoms with Crippen molar-refractivity contribution in [3.05, 3.63) is 88.2 Å². The van der Waals surface area contributed by atoms with Crippen molar-refractivity contribution in [2.24, 2.45) is 0 Å². The molecule has 1 saturated heterocycles. The van der Waals surface area contributed by atoms with Crippen LogP contribution in [0.5, 0.6) is 0 Å². The van der Waals surface area contributed by atoms with E-state index in [9.17, 15) is 9.59 Å². The van der Waals surface area contributed by atoms with Crippen LogP contribution in [0.15, 0.2) is 77.0 Å². The number of para-hydroxylation sites is 1. The van der Waals surface area contributed by atoms with Crippen molar-refractivity contribution in [3.8, 4) is 11.3 Å². The van der Waals surface area contributed by atoms with Gasteiger partial charge in [-0.25, -0.2) is 4.98 Å². The van der Waals surface area contributed by atoms with Crippen molar-refractivity contribution in [1.29, 1.82) is 0 Å². The summed E-state index contributed by atoms with van der Waals surface area (Å²) in [6, 6.07) is 19.9. The van der Waals surface area contributed by atoms with Gasteiger partial charge in [-0.05, 0) is 17.7 Å². The Balaban J connectivity index is 1.42. The van der Waals surface area contributed by atoms with E-state index in [-0.39, 0.29) is 17.0 Å². The normalized spacial score (nSPS) is 14.3. The van der Waals surface area contributed by atoms with Crippen LogP contribution in [0.1, 0.15) is 10.4 Å². The van der Waals surface area contributed by atoms with Gasteiger partial charge in [0.15, 0.2) is 4.96 Å². The molecule has 30 heavy (non-hydrogen) atoms. The third kappa shape index (κ3) is 3.27. The van der Waals surface area contributed by atoms with Gasteiger partial charge in [0.05, 0.1) is 5.69 Å². The van der Waals surface area contributed by atoms with Gasteiger partial charge in [-0.2, -0.15) is 0 Å². The zero-order valence-corrected chi connectivity index (χ0v) is 17.1. The van der Waals surface area contributed by atoms with Gasteiger partial charge in [0.2, 0.25) is 0 Å². The van der Waals surface area contributed by atoms with Crippen LogP contribution in [-0.2, 0) is 0 Å². The summed E-state index contributed by atoms with van der Waals surface area (Å²) >= 11 is 1.40. The highest BCUT2D eigenvalue weighted by molar-refractivity contribution is 7.15. The maximum atomic E-state index is 13.2. The molecule has 0 aliphatic carbocycles. The van der Waals surface area contributed by atoms with Crippen LogP contribution < -0.4 is 10.5 Å². The van der Waals surface area contributed by atoms with E-state index in [1.807, 2.05) is 53.9 Å². The molecule has 2 aromatic heterocycles. The molecule has 0 saturated carbocycles. The van der Waals surface area contributed by atoms with E-state index in [1.54, 1.807) is 9.30 Å². The van der Waals surface area contributed by atoms with Gasteiger partial charge < -0.3 is 9.80 Å². The van der Waals surface area contributed by atoms with Crippen LogP contribution in [0.4, 0.5) is 5.69 Å². The van der Waals surface area contributed by atoms with Crippen molar-refractivity contribution < 1.29 is 4.79 Å². The Kier molecular flexibility index (Phi) is 4.80. The van der Waals surface area contributed by atoms with Gasteiger partial charge >= 0.3 is 0 Å². The van der Waals surface area contributed by atoms with Crippen molar-refractivity contribution in [1.82, 2.24) is 14.3 Å². The Hall–Kier alpha value is -3.45. The van der Waals surface area contributed by atoms with Crippen LogP contribution in [0, 0.1) is 0 Å². The number of hydrogen-bond donors (Lipinski definition) is 0. The lowest BCUT2D eigenvalue weighted by Gasteiger charge is -2.36. The van der Waals surface area contributed by atoms with Crippen molar-refractivity contribution in [2.75, 3.05) is 31.1 Å². The first-order chi connectivity index (χ1) is 14.7. The van der Waals surface area contributed by atoms with Crippen LogP contribution in [0.25, 0.3) is 16.2 Å². The Bertz CT molecular complexity index is 1240. The molecule has 5 rings (SSSR count). The van der Waals surface area contributed by atoms with E-state index in [0.717, 1.165) is 30.0 Å². The zero-order chi connectivity index (χ0) is 20.5. The van der Waals surface area contributed by atoms with E-state index in [2.05, 4.69) is 22.0 Å². The highest BCUT2D eigenvalue weighted by Crippen LogP contribution is 2.24. The fourth-order valence-electron chi connectivity index (χ4n) is 3.83. The summed E-state index contributed by atoms with van der Waals surface area (Å²) in [6.07, 6.45) is 1.43. The number of benzene rings is 2. The molecule has 1 fully saturated rings. The minimum absolute atomic E-state index is 0.122. The lowest BCUT2D eigenvalue weighted by atomic mass is 10.2. The molecule has 2 aromatic carbocycles. The second kappa shape index (κ2) is 7.76. The first-order valence-corrected chi connectivity index (χ1v) is 10.7. The summed E-state index contributed by atoms with van der Waals surface area (Å²) in [7, 11) is 0. The number of rotatable bonds is 3. The van der Waals surface area contributed by atoms with Gasteiger partial charge in [0.25, 0.3) is 11.5 Å². The first kappa shape index (κ1) is 18.6. The van der Waals surface area contributed by atoms with Crippen LogP contribution in [0.2, 0.25) is 0 Å². The summed E-state index contributed by atoms with van der Waals surface area (Å²) < 4.78 is 1.55. The van der Waals surface area contributed by atoms with Gasteiger partial charge in [-0.1, -0.05) is 48.5 Å². The largest absolute Gasteiger partial charge is 0.368 e. The molecule has 1 aliphatic rings. The number of anilines is 1. The molecule has 0 bridgehead atoms. The van der Waals surface area contributed by atoms with Gasteiger partial charge in [-0.15, -0.1) is 11.3 Å². The Labute approximate surface area is 177 Å². The third-order valence-electron chi connectivity index (χ3n) is 5.43. The molecular weight excluding hydrogens is 396 g/mol. The van der Waals surface area contributed by atoms with Gasteiger partial charge in [0.1, 0.15) is 5.56 Å². The van der Waals surface area contributed by atoms with Crippen LogP contribution in [-0.4, -0.2) is 46.4 Å². The van der Waals surface area contributed by atoms with Gasteiger partial charge in [0, 0.05) is 43.4 Å². The van der Waals surface area contributed by atoms with Crippen molar-refractivity contribution in [2.45, 2.75) is 0 Å². The highest BCUT2D eigenvalue weighted by atomic mass is 32.1. The minimum Gasteiger partial charge on any atom is -0.368 e. The Morgan fingerprint density at radius 3 is 2.27 bits per heavy atom. The van der Waals surface area contributed by atoms with E-state index in [0.29, 0.717) is 18.1 Å². The minimum atomic E-state index is -0.310. The Morgan fingerprint density at radius 1 is 0.900 bits per heavy atom. The fraction of sp³-hybridized carbons (Fsp3) is 0.174. The molecule has 3 heterocycles. The maximum Gasteiger partial charge on any atom is 0.271 e. The molecule has 0 radical (unpaired) electrons. The average Bonchev–Trinajstić information content (AvgIpc) is 3.25. The summed E-state index contributed by atoms with van der Waals surface area (Å²) in [5, 5.41) is 1.91. The smallest absolute Gasteiger partial charge is 0.271 e. The number of carbonyl (C=O) groups is 1. The van der Waals surface area contributed by atoms with Crippen molar-refractivity contribution >= 4 is 27.9 Å². The topological polar surface area (TPSA) is 57.9 Å². The number of thiazole rings is 1. The predicted molar refractivity (Wildman–Crippen MR) is 119 cm³/mol. The zero-order valence-electron chi connectivity index (χ0n) is 16.3. The monoisotopic (exact) mass is 416 g/mol. The first-order valence-electron chi connectivity index (χ1n) is 9.86. The number of carbonyl (C=O) groups excluding carboxylic acids is 1. The number of piperazine rings is 1. The van der Waals surface area contributed by atoms with E-state index in [1.165, 1.54) is 17.5 Å². The molecule has 6 nitrogen and oxygen atoms in total. The second-order valence-electron chi connectivity index (χ2n) is 7.20. The van der Waals surface area contributed by atoms with Crippen LogP contribution >= 0.6 is 11.3 Å². The predicted octanol–water partition coefficient (Wildman–Crippen LogP) is 3.39. The highest BCUT2D eigenvalue weighted by Gasteiger charge is 2.25. The number of fused-ring (bicyclic) bond motifs is 1. The SMILES string of the molecule is O=C(c1cnc2scc(-c3ccccc3)n2c1=O)N1CCN(c2ccccc2)CC1. The lowest BCUT2D eigenvalue weighted by Crippen LogP contribution is -2.49. The van der Waals surface area contributed by atoms with Crippen LogP contribution in [0.3, 0.4) is 0 Å². The van der Waals surface area contributed by atoms with E-state index >= 15 is 0 Å². The molecule has 1 amide bonds.